The zero-order valence-corrected chi connectivity index (χ0v) is 14.9. The molecule has 5 heteroatoms. The van der Waals surface area contributed by atoms with Crippen molar-refractivity contribution in [1.82, 2.24) is 5.32 Å². The number of carbonyl (C=O) groups is 2. The number of hydrogen-bond donors (Lipinski definition) is 1. The van der Waals surface area contributed by atoms with Gasteiger partial charge in [-0.15, -0.1) is 11.3 Å². The second-order valence-corrected chi connectivity index (χ2v) is 9.06. The first kappa shape index (κ1) is 16.1. The van der Waals surface area contributed by atoms with Crippen LogP contribution in [0.5, 0.6) is 0 Å². The highest BCUT2D eigenvalue weighted by Crippen LogP contribution is 2.60. The molecule has 1 aromatic rings. The van der Waals surface area contributed by atoms with E-state index in [9.17, 15) is 9.59 Å². The van der Waals surface area contributed by atoms with Crippen LogP contribution in [-0.2, 0) is 14.3 Å². The largest absolute Gasteiger partial charge is 0.455 e. The van der Waals surface area contributed by atoms with Crippen molar-refractivity contribution in [3.63, 3.8) is 0 Å². The van der Waals surface area contributed by atoms with Crippen molar-refractivity contribution in [2.45, 2.75) is 51.5 Å². The van der Waals surface area contributed by atoms with E-state index >= 15 is 0 Å². The lowest BCUT2D eigenvalue weighted by Crippen LogP contribution is -2.51. The smallest absolute Gasteiger partial charge is 0.312 e. The fraction of sp³-hybridized carbons (Fsp3) is 0.684. The molecular formula is C19H25NO3S. The normalized spacial score (nSPS) is 34.8. The Kier molecular flexibility index (Phi) is 4.15. The molecule has 0 saturated heterocycles. The molecule has 0 radical (unpaired) electrons. The summed E-state index contributed by atoms with van der Waals surface area (Å²) in [6.45, 7) is 1.79. The quantitative estimate of drug-likeness (QED) is 0.827. The van der Waals surface area contributed by atoms with Crippen LogP contribution in [0.4, 0.5) is 0 Å². The van der Waals surface area contributed by atoms with Crippen molar-refractivity contribution >= 4 is 23.2 Å². The van der Waals surface area contributed by atoms with Crippen LogP contribution in [0.25, 0.3) is 0 Å². The summed E-state index contributed by atoms with van der Waals surface area (Å²) in [5.41, 5.74) is -0.283. The molecule has 4 saturated carbocycles. The lowest BCUT2D eigenvalue weighted by molar-refractivity contribution is -0.173. The summed E-state index contributed by atoms with van der Waals surface area (Å²) in [4.78, 5) is 25.9. The van der Waals surface area contributed by atoms with Gasteiger partial charge in [-0.3, -0.25) is 9.59 Å². The fourth-order valence-electron chi connectivity index (χ4n) is 5.54. The monoisotopic (exact) mass is 347 g/mol. The fourth-order valence-corrected chi connectivity index (χ4v) is 6.27. The summed E-state index contributed by atoms with van der Waals surface area (Å²) < 4.78 is 5.46. The highest BCUT2D eigenvalue weighted by Gasteiger charge is 2.55. The zero-order valence-electron chi connectivity index (χ0n) is 14.1. The summed E-state index contributed by atoms with van der Waals surface area (Å²) in [6, 6.07) is 3.92. The molecule has 1 amide bonds. The third-order valence-electron chi connectivity index (χ3n) is 6.15. The van der Waals surface area contributed by atoms with Gasteiger partial charge in [-0.25, -0.2) is 0 Å². The van der Waals surface area contributed by atoms with Crippen molar-refractivity contribution in [1.29, 1.82) is 0 Å². The van der Waals surface area contributed by atoms with Gasteiger partial charge in [0.1, 0.15) is 0 Å². The predicted molar refractivity (Wildman–Crippen MR) is 92.4 cm³/mol. The van der Waals surface area contributed by atoms with E-state index in [-0.39, 0.29) is 29.9 Å². The molecule has 1 N–H and O–H groups in total. The van der Waals surface area contributed by atoms with Crippen LogP contribution < -0.4 is 5.32 Å². The van der Waals surface area contributed by atoms with E-state index in [1.807, 2.05) is 24.4 Å². The first-order valence-electron chi connectivity index (χ1n) is 9.04. The Morgan fingerprint density at radius 2 is 1.88 bits per heavy atom. The van der Waals surface area contributed by atoms with Crippen molar-refractivity contribution in [3.8, 4) is 0 Å². The summed E-state index contributed by atoms with van der Waals surface area (Å²) in [5.74, 6) is 1.78. The van der Waals surface area contributed by atoms with Crippen molar-refractivity contribution < 1.29 is 14.3 Å². The maximum absolute atomic E-state index is 12.7. The van der Waals surface area contributed by atoms with E-state index in [2.05, 4.69) is 5.32 Å². The van der Waals surface area contributed by atoms with E-state index in [1.54, 1.807) is 11.3 Å². The van der Waals surface area contributed by atoms with Crippen molar-refractivity contribution in [2.75, 3.05) is 6.61 Å². The van der Waals surface area contributed by atoms with Gasteiger partial charge in [-0.2, -0.15) is 0 Å². The number of amides is 1. The molecule has 1 atom stereocenters. The molecule has 24 heavy (non-hydrogen) atoms. The number of esters is 1. The van der Waals surface area contributed by atoms with Gasteiger partial charge in [0.05, 0.1) is 11.5 Å². The minimum atomic E-state index is -0.283. The third-order valence-corrected chi connectivity index (χ3v) is 7.21. The maximum Gasteiger partial charge on any atom is 0.312 e. The molecule has 4 nitrogen and oxygen atoms in total. The lowest BCUT2D eigenvalue weighted by atomic mass is 9.49. The van der Waals surface area contributed by atoms with Gasteiger partial charge >= 0.3 is 5.97 Å². The molecule has 0 aromatic carbocycles. The number of nitrogens with one attached hydrogen (secondary N) is 1. The molecule has 4 aliphatic carbocycles. The molecule has 4 bridgehead atoms. The number of thiophene rings is 1. The Balaban J connectivity index is 1.31. The molecular weight excluding hydrogens is 322 g/mol. The first-order chi connectivity index (χ1) is 11.5. The average Bonchev–Trinajstić information content (AvgIpc) is 3.05. The summed E-state index contributed by atoms with van der Waals surface area (Å²) >= 11 is 1.61. The highest BCUT2D eigenvalue weighted by molar-refractivity contribution is 7.10. The summed E-state index contributed by atoms with van der Waals surface area (Å²) in [6.07, 6.45) is 6.82. The van der Waals surface area contributed by atoms with Gasteiger partial charge < -0.3 is 10.1 Å². The molecule has 130 valence electrons. The van der Waals surface area contributed by atoms with Crippen LogP contribution in [-0.4, -0.2) is 18.5 Å². The Morgan fingerprint density at radius 1 is 1.25 bits per heavy atom. The highest BCUT2D eigenvalue weighted by atomic mass is 32.1. The van der Waals surface area contributed by atoms with Crippen LogP contribution >= 0.6 is 11.3 Å². The molecule has 0 aliphatic heterocycles. The van der Waals surface area contributed by atoms with Crippen LogP contribution in [0.1, 0.15) is 56.4 Å². The summed E-state index contributed by atoms with van der Waals surface area (Å²) in [7, 11) is 0. The van der Waals surface area contributed by atoms with Gasteiger partial charge in [0.2, 0.25) is 0 Å². The number of rotatable bonds is 5. The molecule has 4 fully saturated rings. The Labute approximate surface area is 147 Å². The first-order valence-corrected chi connectivity index (χ1v) is 9.92. The van der Waals surface area contributed by atoms with Crippen molar-refractivity contribution in [3.05, 3.63) is 22.4 Å². The van der Waals surface area contributed by atoms with Crippen LogP contribution in [0.2, 0.25) is 0 Å². The van der Waals surface area contributed by atoms with E-state index in [0.29, 0.717) is 17.8 Å². The molecule has 1 aromatic heterocycles. The summed E-state index contributed by atoms with van der Waals surface area (Å²) in [5, 5.41) is 4.90. The predicted octanol–water partition coefficient (Wildman–Crippen LogP) is 3.68. The van der Waals surface area contributed by atoms with E-state index in [4.69, 9.17) is 4.74 Å². The lowest BCUT2D eigenvalue weighted by Gasteiger charge is -2.55. The number of hydrogen-bond acceptors (Lipinski definition) is 4. The van der Waals surface area contributed by atoms with Crippen LogP contribution in [0.3, 0.4) is 0 Å². The van der Waals surface area contributed by atoms with Gasteiger partial charge in [0.25, 0.3) is 5.91 Å². The standard InChI is InChI=1S/C19H25NO3S/c1-12(16-3-2-4-24-16)20-17(21)11-23-18(22)19-8-13-5-14(9-19)7-15(6-13)10-19/h2-4,12-15H,5-11H2,1H3,(H,20,21)/t12-,13?,14?,15?,19?/m1/s1. The van der Waals surface area contributed by atoms with Gasteiger partial charge in [0, 0.05) is 4.88 Å². The minimum absolute atomic E-state index is 0.0456. The van der Waals surface area contributed by atoms with Crippen LogP contribution in [0, 0.1) is 23.2 Å². The minimum Gasteiger partial charge on any atom is -0.455 e. The number of carbonyl (C=O) groups excluding carboxylic acids is 2. The molecule has 0 spiro atoms. The van der Waals surface area contributed by atoms with Gasteiger partial charge in [0.15, 0.2) is 6.61 Å². The molecule has 0 unspecified atom stereocenters. The zero-order chi connectivity index (χ0) is 16.7. The van der Waals surface area contributed by atoms with E-state index in [0.717, 1.165) is 24.1 Å². The Bertz CT molecular complexity index is 589. The molecule has 1 heterocycles. The van der Waals surface area contributed by atoms with Gasteiger partial charge in [-0.05, 0) is 74.6 Å². The Hall–Kier alpha value is -1.36. The van der Waals surface area contributed by atoms with E-state index in [1.165, 1.54) is 19.3 Å². The second kappa shape index (κ2) is 6.17. The van der Waals surface area contributed by atoms with Crippen molar-refractivity contribution in [2.24, 2.45) is 23.2 Å². The molecule has 5 rings (SSSR count). The average molecular weight is 347 g/mol. The topological polar surface area (TPSA) is 55.4 Å². The number of ether oxygens (including phenoxy) is 1. The Morgan fingerprint density at radius 3 is 2.42 bits per heavy atom. The molecule has 4 aliphatic rings. The van der Waals surface area contributed by atoms with Gasteiger partial charge in [-0.1, -0.05) is 6.07 Å². The SMILES string of the molecule is C[C@@H](NC(=O)COC(=O)C12CC3CC(CC(C3)C1)C2)c1cccs1. The third kappa shape index (κ3) is 2.99. The van der Waals surface area contributed by atoms with E-state index < -0.39 is 0 Å². The van der Waals surface area contributed by atoms with Crippen LogP contribution in [0.15, 0.2) is 17.5 Å². The maximum atomic E-state index is 12.7. The second-order valence-electron chi connectivity index (χ2n) is 8.08.